The van der Waals surface area contributed by atoms with E-state index in [4.69, 9.17) is 28.0 Å². The number of fused-ring (bicyclic) bond motifs is 1. The van der Waals surface area contributed by atoms with Gasteiger partial charge in [0.1, 0.15) is 4.60 Å². The van der Waals surface area contributed by atoms with Gasteiger partial charge in [-0.05, 0) is 58.7 Å². The van der Waals surface area contributed by atoms with Gasteiger partial charge < -0.3 is 5.32 Å². The van der Waals surface area contributed by atoms with Crippen LogP contribution in [0.1, 0.15) is 27.8 Å². The third kappa shape index (κ3) is 3.16. The summed E-state index contributed by atoms with van der Waals surface area (Å²) in [7, 11) is 1.43. The van der Waals surface area contributed by atoms with E-state index in [2.05, 4.69) is 31.3 Å². The van der Waals surface area contributed by atoms with Gasteiger partial charge in [0.15, 0.2) is 12.0 Å². The molecule has 1 N–H and O–H groups in total. The van der Waals surface area contributed by atoms with Crippen LogP contribution in [0.5, 0.6) is 0 Å². The van der Waals surface area contributed by atoms with Crippen LogP contribution in [-0.4, -0.2) is 32.8 Å². The summed E-state index contributed by atoms with van der Waals surface area (Å²) in [5, 5.41) is 9.92. The molecule has 1 aliphatic rings. The number of halogens is 3. The lowest BCUT2D eigenvalue weighted by atomic mass is 10.0. The molecule has 144 valence electrons. The predicted octanol–water partition coefficient (Wildman–Crippen LogP) is 4.77. The lowest BCUT2D eigenvalue weighted by Crippen LogP contribution is -2.43. The number of rotatable bonds is 3. The molecule has 3 heterocycles. The largest absolute Gasteiger partial charge is 0.357 e. The molecule has 0 radical (unpaired) electrons. The summed E-state index contributed by atoms with van der Waals surface area (Å²) >= 11 is 15.8. The highest BCUT2D eigenvalue weighted by Gasteiger charge is 2.37. The Hall–Kier alpha value is -2.13. The Kier molecular flexibility index (Phi) is 5.05. The van der Waals surface area contributed by atoms with E-state index in [9.17, 15) is 4.79 Å². The third-order valence-electron chi connectivity index (χ3n) is 4.37. The van der Waals surface area contributed by atoms with Crippen LogP contribution >= 0.6 is 39.1 Å². The van der Waals surface area contributed by atoms with Crippen LogP contribution in [0.2, 0.25) is 10.0 Å². The smallest absolute Gasteiger partial charge is 0.281 e. The SMILES string of the molecule is CON1C(=O)c2cc(Cl)cc(C)c2NC1c1cc(Br)nn1-c1ncccc1Cl. The zero-order valence-corrected chi connectivity index (χ0v) is 17.9. The third-order valence-corrected chi connectivity index (χ3v) is 5.27. The number of aryl methyl sites for hydroxylation is 1. The van der Waals surface area contributed by atoms with Crippen molar-refractivity contribution in [3.8, 4) is 5.82 Å². The van der Waals surface area contributed by atoms with Gasteiger partial charge in [0.25, 0.3) is 5.91 Å². The number of pyridine rings is 1. The Morgan fingerprint density at radius 3 is 2.79 bits per heavy atom. The maximum Gasteiger partial charge on any atom is 0.281 e. The summed E-state index contributed by atoms with van der Waals surface area (Å²) in [5.74, 6) is 0.122. The first-order valence-electron chi connectivity index (χ1n) is 8.21. The van der Waals surface area contributed by atoms with Crippen molar-refractivity contribution in [1.29, 1.82) is 0 Å². The standard InChI is InChI=1S/C18H14BrCl2N5O2/c1-9-6-10(20)7-11-15(9)23-17(26(28-2)18(11)27)13-8-14(19)24-25(13)16-12(21)4-3-5-22-16/h3-8,17,23H,1-2H3. The Morgan fingerprint density at radius 2 is 2.07 bits per heavy atom. The molecular weight excluding hydrogens is 469 g/mol. The van der Waals surface area contributed by atoms with Crippen LogP contribution in [0.25, 0.3) is 5.82 Å². The van der Waals surface area contributed by atoms with E-state index in [-0.39, 0.29) is 5.91 Å². The van der Waals surface area contributed by atoms with Crippen molar-refractivity contribution in [1.82, 2.24) is 19.8 Å². The predicted molar refractivity (Wildman–Crippen MR) is 110 cm³/mol. The molecule has 0 aliphatic carbocycles. The number of aromatic nitrogens is 3. The van der Waals surface area contributed by atoms with Crippen molar-refractivity contribution in [2.75, 3.05) is 12.4 Å². The van der Waals surface area contributed by atoms with Gasteiger partial charge in [0.05, 0.1) is 29.1 Å². The number of anilines is 1. The maximum absolute atomic E-state index is 13.1. The minimum atomic E-state index is -0.665. The molecular formula is C18H14BrCl2N5O2. The highest BCUT2D eigenvalue weighted by atomic mass is 79.9. The second-order valence-electron chi connectivity index (χ2n) is 6.12. The van der Waals surface area contributed by atoms with Crippen LogP contribution in [0.3, 0.4) is 0 Å². The molecule has 3 aromatic rings. The van der Waals surface area contributed by atoms with Crippen molar-refractivity contribution in [2.45, 2.75) is 13.1 Å². The van der Waals surface area contributed by atoms with E-state index < -0.39 is 6.17 Å². The molecule has 2 aromatic heterocycles. The highest BCUT2D eigenvalue weighted by Crippen LogP contribution is 2.38. The fourth-order valence-electron chi connectivity index (χ4n) is 3.18. The number of hydrogen-bond acceptors (Lipinski definition) is 5. The van der Waals surface area contributed by atoms with Crippen molar-refractivity contribution >= 4 is 50.7 Å². The van der Waals surface area contributed by atoms with E-state index in [1.54, 1.807) is 41.2 Å². The van der Waals surface area contributed by atoms with E-state index in [0.717, 1.165) is 5.56 Å². The molecule has 1 atom stereocenters. The Balaban J connectivity index is 1.88. The monoisotopic (exact) mass is 481 g/mol. The first-order chi connectivity index (χ1) is 13.4. The first-order valence-corrected chi connectivity index (χ1v) is 9.76. The van der Waals surface area contributed by atoms with Crippen molar-refractivity contribution in [3.05, 3.63) is 68.0 Å². The first kappa shape index (κ1) is 19.2. The van der Waals surface area contributed by atoms with Gasteiger partial charge in [-0.15, -0.1) is 0 Å². The lowest BCUT2D eigenvalue weighted by molar-refractivity contribution is -0.121. The number of hydroxylamine groups is 2. The molecule has 0 fully saturated rings. The fourth-order valence-corrected chi connectivity index (χ4v) is 4.05. The van der Waals surface area contributed by atoms with Gasteiger partial charge in [-0.3, -0.25) is 9.63 Å². The minimum Gasteiger partial charge on any atom is -0.357 e. The molecule has 1 aliphatic heterocycles. The molecule has 0 saturated heterocycles. The number of hydrogen-bond donors (Lipinski definition) is 1. The van der Waals surface area contributed by atoms with Gasteiger partial charge in [0.2, 0.25) is 0 Å². The summed E-state index contributed by atoms with van der Waals surface area (Å²) in [6, 6.07) is 8.64. The summed E-state index contributed by atoms with van der Waals surface area (Å²) in [6.45, 7) is 1.88. The Morgan fingerprint density at radius 1 is 1.29 bits per heavy atom. The molecule has 10 heteroatoms. The van der Waals surface area contributed by atoms with Crippen molar-refractivity contribution in [3.63, 3.8) is 0 Å². The number of carbonyl (C=O) groups excluding carboxylic acids is 1. The highest BCUT2D eigenvalue weighted by molar-refractivity contribution is 9.10. The number of nitrogens with zero attached hydrogens (tertiary/aromatic N) is 4. The topological polar surface area (TPSA) is 72.3 Å². The molecule has 1 amide bonds. The molecule has 28 heavy (non-hydrogen) atoms. The van der Waals surface area contributed by atoms with Crippen LogP contribution in [0, 0.1) is 6.92 Å². The normalized spacial score (nSPS) is 16.1. The summed E-state index contributed by atoms with van der Waals surface area (Å²) in [6.07, 6.45) is 0.956. The van der Waals surface area contributed by atoms with Gasteiger partial charge >= 0.3 is 0 Å². The fraction of sp³-hybridized carbons (Fsp3) is 0.167. The Labute approximate surface area is 179 Å². The van der Waals surface area contributed by atoms with E-state index in [0.29, 0.717) is 37.4 Å². The molecule has 4 rings (SSSR count). The quantitative estimate of drug-likeness (QED) is 0.581. The number of benzene rings is 1. The van der Waals surface area contributed by atoms with Gasteiger partial charge in [-0.2, -0.15) is 10.2 Å². The molecule has 7 nitrogen and oxygen atoms in total. The van der Waals surface area contributed by atoms with E-state index >= 15 is 0 Å². The van der Waals surface area contributed by atoms with Crippen LogP contribution in [0.15, 0.2) is 41.1 Å². The summed E-state index contributed by atoms with van der Waals surface area (Å²) in [4.78, 5) is 22.8. The van der Waals surface area contributed by atoms with E-state index in [1.165, 1.54) is 12.2 Å². The number of carbonyl (C=O) groups is 1. The van der Waals surface area contributed by atoms with Crippen molar-refractivity contribution < 1.29 is 9.63 Å². The minimum absolute atomic E-state index is 0.317. The van der Waals surface area contributed by atoms with Gasteiger partial charge in [-0.1, -0.05) is 23.2 Å². The van der Waals surface area contributed by atoms with Crippen LogP contribution in [0.4, 0.5) is 5.69 Å². The molecule has 1 unspecified atom stereocenters. The Bertz CT molecular complexity index is 1090. The van der Waals surface area contributed by atoms with Gasteiger partial charge in [-0.25, -0.2) is 9.67 Å². The maximum atomic E-state index is 13.1. The second kappa shape index (κ2) is 7.36. The summed E-state index contributed by atoms with van der Waals surface area (Å²) in [5.41, 5.74) is 2.58. The number of nitrogens with one attached hydrogen (secondary N) is 1. The summed E-state index contributed by atoms with van der Waals surface area (Å²) < 4.78 is 2.13. The zero-order valence-electron chi connectivity index (χ0n) is 14.8. The molecule has 1 aromatic carbocycles. The molecule has 0 bridgehead atoms. The van der Waals surface area contributed by atoms with Crippen LogP contribution < -0.4 is 5.32 Å². The van der Waals surface area contributed by atoms with E-state index in [1.807, 2.05) is 6.92 Å². The molecule has 0 saturated carbocycles. The average Bonchev–Trinajstić information content (AvgIpc) is 3.04. The lowest BCUT2D eigenvalue weighted by Gasteiger charge is -2.36. The average molecular weight is 483 g/mol. The van der Waals surface area contributed by atoms with Gasteiger partial charge in [0, 0.05) is 11.2 Å². The number of amides is 1. The molecule has 0 spiro atoms. The second-order valence-corrected chi connectivity index (χ2v) is 7.77. The zero-order chi connectivity index (χ0) is 20.0. The van der Waals surface area contributed by atoms with Crippen LogP contribution in [-0.2, 0) is 4.84 Å². The van der Waals surface area contributed by atoms with Crippen molar-refractivity contribution in [2.24, 2.45) is 0 Å².